The van der Waals surface area contributed by atoms with E-state index in [4.69, 9.17) is 9.47 Å². The molecule has 0 saturated carbocycles. The fraction of sp³-hybridized carbons (Fsp3) is 0.400. The number of Topliss-reactive ketones (excluding diaryl/α,β-unsaturated/α-hetero) is 1. The third-order valence-corrected chi connectivity index (χ3v) is 6.47. The van der Waals surface area contributed by atoms with Gasteiger partial charge in [0.05, 0.1) is 25.4 Å². The quantitative estimate of drug-likeness (QED) is 0.408. The minimum Gasteiger partial charge on any atom is -0.492 e. The van der Waals surface area contributed by atoms with Crippen LogP contribution in [0.2, 0.25) is 0 Å². The lowest BCUT2D eigenvalue weighted by Crippen LogP contribution is -2.36. The molecule has 0 aliphatic carbocycles. The molecule has 0 N–H and O–H groups in total. The minimum absolute atomic E-state index is 0.00442. The highest BCUT2D eigenvalue weighted by molar-refractivity contribution is 7.10. The fourth-order valence-electron chi connectivity index (χ4n) is 3.96. The van der Waals surface area contributed by atoms with E-state index in [0.29, 0.717) is 17.7 Å². The number of aryl methyl sites for hydroxylation is 1. The van der Waals surface area contributed by atoms with Crippen molar-refractivity contribution in [1.82, 2.24) is 4.90 Å². The van der Waals surface area contributed by atoms with Crippen molar-refractivity contribution < 1.29 is 14.3 Å². The van der Waals surface area contributed by atoms with Gasteiger partial charge in [0.2, 0.25) is 0 Å². The molecule has 1 saturated heterocycles. The number of benzene rings is 1. The number of thiophene rings is 1. The summed E-state index contributed by atoms with van der Waals surface area (Å²) in [5, 5.41) is 2.03. The zero-order valence-corrected chi connectivity index (χ0v) is 18.4. The highest BCUT2D eigenvalue weighted by atomic mass is 32.1. The van der Waals surface area contributed by atoms with E-state index >= 15 is 0 Å². The number of para-hydroxylation sites is 1. The van der Waals surface area contributed by atoms with Crippen molar-refractivity contribution in [2.45, 2.75) is 26.7 Å². The number of nitrogens with zero attached hydrogens (tertiary/aromatic N) is 1. The molecule has 0 atom stereocenters. The molecule has 3 heterocycles. The summed E-state index contributed by atoms with van der Waals surface area (Å²) in [6, 6.07) is 7.88. The predicted octanol–water partition coefficient (Wildman–Crippen LogP) is 4.37. The Morgan fingerprint density at radius 3 is 2.77 bits per heavy atom. The van der Waals surface area contributed by atoms with Gasteiger partial charge >= 0.3 is 0 Å². The van der Waals surface area contributed by atoms with Crippen LogP contribution in [-0.2, 0) is 11.2 Å². The van der Waals surface area contributed by atoms with E-state index < -0.39 is 0 Å². The molecule has 0 amide bonds. The molecule has 2 aromatic rings. The van der Waals surface area contributed by atoms with Gasteiger partial charge in [0.25, 0.3) is 0 Å². The van der Waals surface area contributed by atoms with Crippen LogP contribution in [-0.4, -0.2) is 50.1 Å². The molecule has 4 rings (SSSR count). The molecule has 0 radical (unpaired) electrons. The van der Waals surface area contributed by atoms with E-state index in [0.717, 1.165) is 73.0 Å². The second-order valence-electron chi connectivity index (χ2n) is 7.62. The lowest BCUT2D eigenvalue weighted by Gasteiger charge is -2.25. The number of rotatable bonds is 5. The first-order chi connectivity index (χ1) is 14.6. The van der Waals surface area contributed by atoms with Gasteiger partial charge in [0, 0.05) is 54.1 Å². The molecule has 0 bridgehead atoms. The van der Waals surface area contributed by atoms with Crippen molar-refractivity contribution >= 4 is 22.7 Å². The number of carbonyl (C=O) groups excluding carboxylic acids is 1. The van der Waals surface area contributed by atoms with Gasteiger partial charge in [-0.25, -0.2) is 0 Å². The smallest absolute Gasteiger partial charge is 0.198 e. The summed E-state index contributed by atoms with van der Waals surface area (Å²) >= 11 is 1.65. The number of carbonyl (C=O) groups is 1. The number of hydrogen-bond acceptors (Lipinski definition) is 5. The first-order valence-corrected chi connectivity index (χ1v) is 11.4. The Bertz CT molecular complexity index is 1020. The minimum atomic E-state index is -0.00442. The average Bonchev–Trinajstić information content (AvgIpc) is 3.41. The lowest BCUT2D eigenvalue weighted by molar-refractivity contribution is 0.0390. The molecule has 156 valence electrons. The number of fused-ring (bicyclic) bond motifs is 1. The van der Waals surface area contributed by atoms with Crippen LogP contribution < -0.4 is 4.74 Å². The molecule has 1 aromatic carbocycles. The highest BCUT2D eigenvalue weighted by Gasteiger charge is 2.25. The first kappa shape index (κ1) is 20.9. The van der Waals surface area contributed by atoms with E-state index in [9.17, 15) is 4.79 Å². The van der Waals surface area contributed by atoms with E-state index in [1.165, 1.54) is 0 Å². The number of allylic oxidation sites excluding steroid dienone is 2. The second kappa shape index (κ2) is 9.61. The van der Waals surface area contributed by atoms with Gasteiger partial charge in [-0.05, 0) is 36.9 Å². The van der Waals surface area contributed by atoms with Crippen LogP contribution >= 0.6 is 11.3 Å². The Morgan fingerprint density at radius 1 is 1.17 bits per heavy atom. The van der Waals surface area contributed by atoms with Gasteiger partial charge in [0.15, 0.2) is 5.78 Å². The fourth-order valence-corrected chi connectivity index (χ4v) is 4.67. The normalized spacial score (nSPS) is 16.9. The second-order valence-corrected chi connectivity index (χ2v) is 8.74. The van der Waals surface area contributed by atoms with Gasteiger partial charge in [-0.1, -0.05) is 24.0 Å². The molecular formula is C25H27NO3S. The maximum absolute atomic E-state index is 13.7. The summed E-state index contributed by atoms with van der Waals surface area (Å²) in [5.74, 6) is 7.29. The van der Waals surface area contributed by atoms with Crippen molar-refractivity contribution in [2.75, 3.05) is 39.5 Å². The summed E-state index contributed by atoms with van der Waals surface area (Å²) in [6.07, 6.45) is 1.64. The molecule has 2 aliphatic heterocycles. The van der Waals surface area contributed by atoms with Crippen molar-refractivity contribution in [3.63, 3.8) is 0 Å². The Hall–Kier alpha value is -2.39. The summed E-state index contributed by atoms with van der Waals surface area (Å²) in [4.78, 5) is 17.2. The number of morpholine rings is 1. The Kier molecular flexibility index (Phi) is 6.69. The molecule has 2 aliphatic rings. The van der Waals surface area contributed by atoms with Crippen molar-refractivity contribution in [2.24, 2.45) is 0 Å². The van der Waals surface area contributed by atoms with Crippen LogP contribution in [0.5, 0.6) is 5.75 Å². The molecule has 30 heavy (non-hydrogen) atoms. The monoisotopic (exact) mass is 421 g/mol. The predicted molar refractivity (Wildman–Crippen MR) is 121 cm³/mol. The van der Waals surface area contributed by atoms with Gasteiger partial charge in [-0.2, -0.15) is 0 Å². The van der Waals surface area contributed by atoms with E-state index in [1.54, 1.807) is 11.3 Å². The third-order valence-electron chi connectivity index (χ3n) is 5.62. The standard InChI is InChI=1S/C25H27NO3S/c1-18(6-3-4-11-26-12-15-28-16-13-26)23(21-10-17-30-19(21)2)24(27)22-8-5-7-20-9-14-29-25(20)22/h5,7-8,10,17H,4,9,11-16H2,1-2H3/b23-18+. The Morgan fingerprint density at radius 2 is 2.00 bits per heavy atom. The molecule has 1 aromatic heterocycles. The van der Waals surface area contributed by atoms with E-state index in [2.05, 4.69) is 23.7 Å². The number of ether oxygens (including phenoxy) is 2. The van der Waals surface area contributed by atoms with Crippen molar-refractivity contribution in [1.29, 1.82) is 0 Å². The van der Waals surface area contributed by atoms with Crippen LogP contribution in [0.1, 0.15) is 39.7 Å². The first-order valence-electron chi connectivity index (χ1n) is 10.5. The zero-order chi connectivity index (χ0) is 20.9. The van der Waals surface area contributed by atoms with Crippen LogP contribution in [0.3, 0.4) is 0 Å². The molecule has 0 unspecified atom stereocenters. The van der Waals surface area contributed by atoms with Crippen molar-refractivity contribution in [3.8, 4) is 17.6 Å². The van der Waals surface area contributed by atoms with Gasteiger partial charge in [-0.15, -0.1) is 11.3 Å². The Balaban J connectivity index is 1.62. The molecule has 5 heteroatoms. The third kappa shape index (κ3) is 4.52. The topological polar surface area (TPSA) is 38.8 Å². The number of hydrogen-bond donors (Lipinski definition) is 0. The molecule has 0 spiro atoms. The maximum Gasteiger partial charge on any atom is 0.198 e. The summed E-state index contributed by atoms with van der Waals surface area (Å²) in [7, 11) is 0. The average molecular weight is 422 g/mol. The largest absolute Gasteiger partial charge is 0.492 e. The molecular weight excluding hydrogens is 394 g/mol. The van der Waals surface area contributed by atoms with Crippen LogP contribution in [0.25, 0.3) is 5.57 Å². The van der Waals surface area contributed by atoms with Crippen LogP contribution in [0, 0.1) is 18.8 Å². The molecule has 1 fully saturated rings. The summed E-state index contributed by atoms with van der Waals surface area (Å²) in [6.45, 7) is 9.11. The maximum atomic E-state index is 13.7. The van der Waals surface area contributed by atoms with Gasteiger partial charge in [-0.3, -0.25) is 9.69 Å². The van der Waals surface area contributed by atoms with Crippen LogP contribution in [0.4, 0.5) is 0 Å². The van der Waals surface area contributed by atoms with E-state index in [-0.39, 0.29) is 5.78 Å². The highest BCUT2D eigenvalue weighted by Crippen LogP contribution is 2.35. The van der Waals surface area contributed by atoms with Crippen molar-refractivity contribution in [3.05, 3.63) is 56.8 Å². The van der Waals surface area contributed by atoms with Gasteiger partial charge < -0.3 is 9.47 Å². The number of ketones is 1. The molecule has 4 nitrogen and oxygen atoms in total. The summed E-state index contributed by atoms with van der Waals surface area (Å²) in [5.41, 5.74) is 4.23. The SMILES string of the molecule is C/C(C#CCCN1CCOCC1)=C(\C(=O)c1cccc2c1OCC2)c1ccsc1C. The van der Waals surface area contributed by atoms with Gasteiger partial charge in [0.1, 0.15) is 5.75 Å². The lowest BCUT2D eigenvalue weighted by atomic mass is 9.92. The Labute approximate surface area is 182 Å². The van der Waals surface area contributed by atoms with E-state index in [1.807, 2.05) is 36.6 Å². The van der Waals surface area contributed by atoms with Crippen LogP contribution in [0.15, 0.2) is 35.2 Å². The zero-order valence-electron chi connectivity index (χ0n) is 17.6. The summed E-state index contributed by atoms with van der Waals surface area (Å²) < 4.78 is 11.2.